The molecule has 0 aromatic heterocycles. The van der Waals surface area contributed by atoms with Gasteiger partial charge in [0.2, 0.25) is 0 Å². The molecule has 1 aliphatic carbocycles. The normalized spacial score (nSPS) is 26.0. The van der Waals surface area contributed by atoms with Crippen LogP contribution in [0.3, 0.4) is 0 Å². The summed E-state index contributed by atoms with van der Waals surface area (Å²) in [6.45, 7) is 5.53. The Balaban J connectivity index is 2.24. The van der Waals surface area contributed by atoms with Crippen LogP contribution in [0.5, 0.6) is 0 Å². The number of carbonyl (C=O) groups excluding carboxylic acids is 1. The maximum atomic E-state index is 12.4. The summed E-state index contributed by atoms with van der Waals surface area (Å²) < 4.78 is 24.7. The second-order valence-corrected chi connectivity index (χ2v) is 8.71. The van der Waals surface area contributed by atoms with E-state index in [0.29, 0.717) is 4.90 Å². The van der Waals surface area contributed by atoms with E-state index < -0.39 is 15.3 Å². The van der Waals surface area contributed by atoms with Crippen molar-refractivity contribution in [2.24, 2.45) is 11.3 Å². The van der Waals surface area contributed by atoms with Gasteiger partial charge in [0.15, 0.2) is 15.6 Å². The van der Waals surface area contributed by atoms with Crippen molar-refractivity contribution in [2.75, 3.05) is 5.75 Å². The van der Waals surface area contributed by atoms with Gasteiger partial charge in [-0.2, -0.15) is 0 Å². The Morgan fingerprint density at radius 1 is 1.21 bits per heavy atom. The lowest BCUT2D eigenvalue weighted by molar-refractivity contribution is -0.139. The van der Waals surface area contributed by atoms with E-state index in [-0.39, 0.29) is 22.3 Å². The van der Waals surface area contributed by atoms with Gasteiger partial charge in [-0.1, -0.05) is 47.5 Å². The molecule has 1 aliphatic rings. The number of hydrogen-bond acceptors (Lipinski definition) is 3. The van der Waals surface area contributed by atoms with Crippen molar-refractivity contribution in [3.63, 3.8) is 0 Å². The average Bonchev–Trinajstić information content (AvgIpc) is 2.35. The van der Waals surface area contributed by atoms with Crippen LogP contribution in [0.2, 0.25) is 0 Å². The summed E-state index contributed by atoms with van der Waals surface area (Å²) in [6, 6.07) is 6.83. The van der Waals surface area contributed by atoms with Crippen molar-refractivity contribution < 1.29 is 13.2 Å². The average molecular weight is 345 g/mol. The molecule has 5 heteroatoms. The molecule has 2 unspecified atom stereocenters. The van der Waals surface area contributed by atoms with E-state index in [9.17, 15) is 13.2 Å². The fraction of sp³-hybridized carbons (Fsp3) is 0.500. The summed E-state index contributed by atoms with van der Waals surface area (Å²) >= 11 is 3.29. The minimum Gasteiger partial charge on any atom is -0.298 e. The Morgan fingerprint density at radius 3 is 2.21 bits per heavy atom. The zero-order chi connectivity index (χ0) is 14.4. The molecule has 0 saturated heterocycles. The maximum Gasteiger partial charge on any atom is 0.178 e. The largest absolute Gasteiger partial charge is 0.298 e. The Bertz CT molecular complexity index is 602. The lowest BCUT2D eigenvalue weighted by atomic mass is 9.62. The first-order valence-corrected chi connectivity index (χ1v) is 8.71. The number of carbonyl (C=O) groups is 1. The molecule has 0 radical (unpaired) electrons. The minimum absolute atomic E-state index is 0.00468. The highest BCUT2D eigenvalue weighted by Crippen LogP contribution is 2.47. The number of benzene rings is 1. The molecule has 0 bridgehead atoms. The Morgan fingerprint density at radius 2 is 1.74 bits per heavy atom. The molecule has 1 aromatic rings. The molecule has 2 rings (SSSR count). The van der Waals surface area contributed by atoms with Gasteiger partial charge in [-0.15, -0.1) is 0 Å². The lowest BCUT2D eigenvalue weighted by Gasteiger charge is -2.46. The van der Waals surface area contributed by atoms with Crippen molar-refractivity contribution in [3.8, 4) is 0 Å². The monoisotopic (exact) mass is 344 g/mol. The number of Topliss-reactive ketones (excluding diaryl/α,β-unsaturated/α-hetero) is 1. The van der Waals surface area contributed by atoms with Crippen LogP contribution in [0.15, 0.2) is 29.2 Å². The summed E-state index contributed by atoms with van der Waals surface area (Å²) in [5.41, 5.74) is 0.461. The molecule has 104 valence electrons. The third-order valence-electron chi connectivity index (χ3n) is 3.94. The molecule has 19 heavy (non-hydrogen) atoms. The Labute approximate surface area is 122 Å². The fourth-order valence-electron chi connectivity index (χ4n) is 2.36. The van der Waals surface area contributed by atoms with Gasteiger partial charge in [-0.05, 0) is 19.1 Å². The van der Waals surface area contributed by atoms with Crippen LogP contribution in [0, 0.1) is 18.3 Å². The molecule has 1 fully saturated rings. The van der Waals surface area contributed by atoms with Gasteiger partial charge in [0, 0.05) is 11.3 Å². The number of ketones is 1. The Hall–Kier alpha value is -0.680. The van der Waals surface area contributed by atoms with Crippen LogP contribution in [-0.2, 0) is 14.6 Å². The summed E-state index contributed by atoms with van der Waals surface area (Å²) in [5, 5.41) is 0. The van der Waals surface area contributed by atoms with Gasteiger partial charge in [0.25, 0.3) is 0 Å². The van der Waals surface area contributed by atoms with Crippen LogP contribution in [0.4, 0.5) is 0 Å². The van der Waals surface area contributed by atoms with Gasteiger partial charge in [-0.25, -0.2) is 8.42 Å². The molecule has 0 N–H and O–H groups in total. The summed E-state index contributed by atoms with van der Waals surface area (Å²) in [4.78, 5) is 11.7. The van der Waals surface area contributed by atoms with Crippen LogP contribution < -0.4 is 0 Å². The molecule has 0 spiro atoms. The quantitative estimate of drug-likeness (QED) is 0.792. The van der Waals surface area contributed by atoms with Crippen LogP contribution in [0.1, 0.15) is 19.4 Å². The van der Waals surface area contributed by atoms with Crippen LogP contribution in [0.25, 0.3) is 0 Å². The van der Waals surface area contributed by atoms with E-state index in [0.717, 1.165) is 5.56 Å². The van der Waals surface area contributed by atoms with E-state index >= 15 is 0 Å². The SMILES string of the molecule is Cc1ccc(S(=O)(=O)CC2C(Br)C(=O)C2(C)C)cc1. The van der Waals surface area contributed by atoms with Crippen LogP contribution in [-0.4, -0.2) is 24.8 Å². The predicted molar refractivity (Wildman–Crippen MR) is 78.2 cm³/mol. The zero-order valence-electron chi connectivity index (χ0n) is 11.2. The number of hydrogen-bond donors (Lipinski definition) is 0. The first-order valence-electron chi connectivity index (χ1n) is 6.14. The number of halogens is 1. The molecule has 0 amide bonds. The zero-order valence-corrected chi connectivity index (χ0v) is 13.6. The summed E-state index contributed by atoms with van der Waals surface area (Å²) in [7, 11) is -3.35. The number of rotatable bonds is 3. The summed E-state index contributed by atoms with van der Waals surface area (Å²) in [5.74, 6) is -0.0898. The third-order valence-corrected chi connectivity index (χ3v) is 6.79. The van der Waals surface area contributed by atoms with Gasteiger partial charge in [0.1, 0.15) is 0 Å². The Kier molecular flexibility index (Phi) is 3.64. The van der Waals surface area contributed by atoms with Gasteiger partial charge < -0.3 is 0 Å². The van der Waals surface area contributed by atoms with Crippen molar-refractivity contribution in [3.05, 3.63) is 29.8 Å². The number of sulfone groups is 1. The smallest absolute Gasteiger partial charge is 0.178 e. The molecule has 1 aromatic carbocycles. The van der Waals surface area contributed by atoms with Crippen molar-refractivity contribution in [1.82, 2.24) is 0 Å². The second kappa shape index (κ2) is 4.70. The first kappa shape index (κ1) is 14.7. The fourth-order valence-corrected chi connectivity index (χ4v) is 5.87. The van der Waals surface area contributed by atoms with E-state index in [1.165, 1.54) is 0 Å². The highest BCUT2D eigenvalue weighted by Gasteiger charge is 2.55. The lowest BCUT2D eigenvalue weighted by Crippen LogP contribution is -2.57. The van der Waals surface area contributed by atoms with E-state index in [1.54, 1.807) is 24.3 Å². The topological polar surface area (TPSA) is 51.2 Å². The molecule has 1 saturated carbocycles. The standard InChI is InChI=1S/C14H17BrO3S/c1-9-4-6-10(7-5-9)19(17,18)8-11-12(15)13(16)14(11,2)3/h4-7,11-12H,8H2,1-3H3. The van der Waals surface area contributed by atoms with Crippen molar-refractivity contribution in [2.45, 2.75) is 30.5 Å². The molecule has 0 aliphatic heterocycles. The first-order chi connectivity index (χ1) is 8.66. The molecule has 2 atom stereocenters. The molecular formula is C14H17BrO3S. The second-order valence-electron chi connectivity index (χ2n) is 5.69. The van der Waals surface area contributed by atoms with Gasteiger partial charge >= 0.3 is 0 Å². The van der Waals surface area contributed by atoms with E-state index in [2.05, 4.69) is 15.9 Å². The molecule has 0 heterocycles. The number of aryl methyl sites for hydroxylation is 1. The van der Waals surface area contributed by atoms with Crippen molar-refractivity contribution >= 4 is 31.6 Å². The van der Waals surface area contributed by atoms with Gasteiger partial charge in [0.05, 0.1) is 15.5 Å². The van der Waals surface area contributed by atoms with E-state index in [4.69, 9.17) is 0 Å². The van der Waals surface area contributed by atoms with Crippen molar-refractivity contribution in [1.29, 1.82) is 0 Å². The summed E-state index contributed by atoms with van der Waals surface area (Å²) in [6.07, 6.45) is 0. The highest BCUT2D eigenvalue weighted by atomic mass is 79.9. The molecule has 3 nitrogen and oxygen atoms in total. The van der Waals surface area contributed by atoms with Gasteiger partial charge in [-0.3, -0.25) is 4.79 Å². The predicted octanol–water partition coefficient (Wildman–Crippen LogP) is 2.76. The maximum absolute atomic E-state index is 12.4. The molecular weight excluding hydrogens is 328 g/mol. The minimum atomic E-state index is -3.35. The van der Waals surface area contributed by atoms with E-state index in [1.807, 2.05) is 20.8 Å². The highest BCUT2D eigenvalue weighted by molar-refractivity contribution is 9.10. The van der Waals surface area contributed by atoms with Crippen LogP contribution >= 0.6 is 15.9 Å². The number of alkyl halides is 1. The third kappa shape index (κ3) is 2.50.